The standard InChI is InChI=1S/C19H22F3N5O/c20-19(21,22)15-2-1-3-16(12-15)25-4-6-26(7-5-25)17-13-18(24-14-23-17)27-8-10-28-11-9-27/h1-3,12-14H,4-11H2. The minimum atomic E-state index is -4.32. The topological polar surface area (TPSA) is 44.7 Å². The number of alkyl halides is 3. The molecule has 0 aliphatic carbocycles. The van der Waals surface area contributed by atoms with Crippen molar-refractivity contribution in [3.63, 3.8) is 0 Å². The largest absolute Gasteiger partial charge is 0.416 e. The minimum absolute atomic E-state index is 0.603. The Morgan fingerprint density at radius 2 is 1.39 bits per heavy atom. The summed E-state index contributed by atoms with van der Waals surface area (Å²) in [6, 6.07) is 7.49. The van der Waals surface area contributed by atoms with Crippen LogP contribution in [0.4, 0.5) is 30.5 Å². The molecule has 0 atom stereocenters. The number of hydrogen-bond acceptors (Lipinski definition) is 6. The lowest BCUT2D eigenvalue weighted by molar-refractivity contribution is -0.137. The van der Waals surface area contributed by atoms with Gasteiger partial charge in [-0.3, -0.25) is 0 Å². The third kappa shape index (κ3) is 4.14. The van der Waals surface area contributed by atoms with E-state index < -0.39 is 11.7 Å². The summed E-state index contributed by atoms with van der Waals surface area (Å²) >= 11 is 0. The highest BCUT2D eigenvalue weighted by molar-refractivity contribution is 5.54. The molecule has 1 aromatic carbocycles. The predicted octanol–water partition coefficient (Wildman–Crippen LogP) is 2.66. The first-order chi connectivity index (χ1) is 13.5. The van der Waals surface area contributed by atoms with Crippen LogP contribution in [0.3, 0.4) is 0 Å². The monoisotopic (exact) mass is 393 g/mol. The molecule has 1 aromatic heterocycles. The molecule has 0 unspecified atom stereocenters. The van der Waals surface area contributed by atoms with Crippen molar-refractivity contribution in [2.24, 2.45) is 0 Å². The molecule has 0 bridgehead atoms. The zero-order valence-corrected chi connectivity index (χ0v) is 15.4. The molecule has 2 saturated heterocycles. The van der Waals surface area contributed by atoms with Gasteiger partial charge in [0.2, 0.25) is 0 Å². The maximum atomic E-state index is 13.0. The summed E-state index contributed by atoms with van der Waals surface area (Å²) in [5.74, 6) is 1.73. The van der Waals surface area contributed by atoms with Crippen LogP contribution in [0.5, 0.6) is 0 Å². The second kappa shape index (κ2) is 7.83. The summed E-state index contributed by atoms with van der Waals surface area (Å²) in [6.07, 6.45) is -2.76. The fraction of sp³-hybridized carbons (Fsp3) is 0.474. The molecule has 2 aliphatic rings. The van der Waals surface area contributed by atoms with Gasteiger partial charge in [-0.15, -0.1) is 0 Å². The van der Waals surface area contributed by atoms with E-state index in [1.54, 1.807) is 12.4 Å². The zero-order valence-electron chi connectivity index (χ0n) is 15.4. The average molecular weight is 393 g/mol. The molecule has 150 valence electrons. The lowest BCUT2D eigenvalue weighted by atomic mass is 10.1. The summed E-state index contributed by atoms with van der Waals surface area (Å²) < 4.78 is 44.3. The van der Waals surface area contributed by atoms with E-state index >= 15 is 0 Å². The fourth-order valence-electron chi connectivity index (χ4n) is 3.55. The smallest absolute Gasteiger partial charge is 0.378 e. The van der Waals surface area contributed by atoms with E-state index in [1.165, 1.54) is 12.1 Å². The molecule has 28 heavy (non-hydrogen) atoms. The Hall–Kier alpha value is -2.55. The predicted molar refractivity (Wildman–Crippen MR) is 101 cm³/mol. The highest BCUT2D eigenvalue weighted by atomic mass is 19.4. The van der Waals surface area contributed by atoms with E-state index in [1.807, 2.05) is 11.0 Å². The van der Waals surface area contributed by atoms with Crippen molar-refractivity contribution in [2.45, 2.75) is 6.18 Å². The summed E-state index contributed by atoms with van der Waals surface area (Å²) in [6.45, 7) is 5.64. The third-order valence-electron chi connectivity index (χ3n) is 5.12. The molecule has 4 rings (SSSR count). The Morgan fingerprint density at radius 1 is 0.786 bits per heavy atom. The minimum Gasteiger partial charge on any atom is -0.378 e. The number of benzene rings is 1. The van der Waals surface area contributed by atoms with Gasteiger partial charge in [0, 0.05) is 51.0 Å². The van der Waals surface area contributed by atoms with Crippen LogP contribution in [0, 0.1) is 0 Å². The normalized spacial score (nSPS) is 18.5. The first-order valence-electron chi connectivity index (χ1n) is 9.32. The van der Waals surface area contributed by atoms with Crippen molar-refractivity contribution in [1.82, 2.24) is 9.97 Å². The van der Waals surface area contributed by atoms with E-state index in [-0.39, 0.29) is 0 Å². The Balaban J connectivity index is 1.42. The molecular formula is C19H22F3N5O. The number of rotatable bonds is 3. The summed E-state index contributed by atoms with van der Waals surface area (Å²) in [7, 11) is 0. The van der Waals surface area contributed by atoms with Crippen molar-refractivity contribution >= 4 is 17.3 Å². The van der Waals surface area contributed by atoms with Crippen molar-refractivity contribution in [3.8, 4) is 0 Å². The average Bonchev–Trinajstić information content (AvgIpc) is 2.74. The first-order valence-corrected chi connectivity index (χ1v) is 9.32. The van der Waals surface area contributed by atoms with Crippen molar-refractivity contribution in [2.75, 3.05) is 67.2 Å². The molecular weight excluding hydrogens is 371 g/mol. The van der Waals surface area contributed by atoms with Crippen LogP contribution in [0.2, 0.25) is 0 Å². The van der Waals surface area contributed by atoms with Crippen LogP contribution in [0.1, 0.15) is 5.56 Å². The molecule has 9 heteroatoms. The van der Waals surface area contributed by atoms with Gasteiger partial charge in [0.05, 0.1) is 18.8 Å². The molecule has 3 heterocycles. The maximum absolute atomic E-state index is 13.0. The Labute approximate surface area is 161 Å². The molecule has 2 aliphatic heterocycles. The van der Waals surface area contributed by atoms with E-state index in [9.17, 15) is 13.2 Å². The van der Waals surface area contributed by atoms with Crippen LogP contribution in [0.25, 0.3) is 0 Å². The lowest BCUT2D eigenvalue weighted by Gasteiger charge is -2.37. The number of halogens is 3. The van der Waals surface area contributed by atoms with Gasteiger partial charge >= 0.3 is 6.18 Å². The van der Waals surface area contributed by atoms with Crippen molar-refractivity contribution in [1.29, 1.82) is 0 Å². The first kappa shape index (κ1) is 18.8. The molecule has 2 fully saturated rings. The highest BCUT2D eigenvalue weighted by Gasteiger charge is 2.31. The van der Waals surface area contributed by atoms with Crippen molar-refractivity contribution < 1.29 is 17.9 Å². The Bertz CT molecular complexity index is 802. The molecule has 0 saturated carbocycles. The van der Waals surface area contributed by atoms with E-state index in [4.69, 9.17) is 4.74 Å². The van der Waals surface area contributed by atoms with Crippen LogP contribution >= 0.6 is 0 Å². The number of piperazine rings is 1. The molecule has 0 N–H and O–H groups in total. The van der Waals surface area contributed by atoms with E-state index in [0.717, 1.165) is 30.8 Å². The van der Waals surface area contributed by atoms with Gasteiger partial charge < -0.3 is 19.4 Å². The number of nitrogens with zero attached hydrogens (tertiary/aromatic N) is 5. The SMILES string of the molecule is FC(F)(F)c1cccc(N2CCN(c3cc(N4CCOCC4)ncn3)CC2)c1. The fourth-order valence-corrected chi connectivity index (χ4v) is 3.55. The van der Waals surface area contributed by atoms with Gasteiger partial charge in [-0.25, -0.2) is 9.97 Å². The van der Waals surface area contributed by atoms with Gasteiger partial charge in [-0.2, -0.15) is 13.2 Å². The van der Waals surface area contributed by atoms with Gasteiger partial charge in [0.25, 0.3) is 0 Å². The molecule has 0 spiro atoms. The van der Waals surface area contributed by atoms with Crippen LogP contribution < -0.4 is 14.7 Å². The second-order valence-electron chi connectivity index (χ2n) is 6.86. The number of morpholine rings is 1. The van der Waals surface area contributed by atoms with Crippen molar-refractivity contribution in [3.05, 3.63) is 42.2 Å². The molecule has 0 amide bonds. The molecule has 6 nitrogen and oxygen atoms in total. The number of anilines is 3. The molecule has 2 aromatic rings. The van der Waals surface area contributed by atoms with Gasteiger partial charge in [0.1, 0.15) is 18.0 Å². The Morgan fingerprint density at radius 3 is 2.04 bits per heavy atom. The summed E-state index contributed by atoms with van der Waals surface area (Å²) in [5, 5.41) is 0. The molecule has 0 radical (unpaired) electrons. The van der Waals surface area contributed by atoms with Crippen LogP contribution in [-0.4, -0.2) is 62.5 Å². The van der Waals surface area contributed by atoms with Crippen LogP contribution in [-0.2, 0) is 10.9 Å². The number of aromatic nitrogens is 2. The van der Waals surface area contributed by atoms with Crippen LogP contribution in [0.15, 0.2) is 36.7 Å². The lowest BCUT2D eigenvalue weighted by Crippen LogP contribution is -2.47. The quantitative estimate of drug-likeness (QED) is 0.799. The summed E-state index contributed by atoms with van der Waals surface area (Å²) in [4.78, 5) is 15.1. The summed E-state index contributed by atoms with van der Waals surface area (Å²) in [5.41, 5.74) is -0.00967. The maximum Gasteiger partial charge on any atom is 0.416 e. The zero-order chi connectivity index (χ0) is 19.6. The number of hydrogen-bond donors (Lipinski definition) is 0. The third-order valence-corrected chi connectivity index (χ3v) is 5.12. The Kier molecular flexibility index (Phi) is 5.25. The van der Waals surface area contributed by atoms with Gasteiger partial charge in [0.15, 0.2) is 0 Å². The highest BCUT2D eigenvalue weighted by Crippen LogP contribution is 2.32. The van der Waals surface area contributed by atoms with E-state index in [2.05, 4.69) is 19.8 Å². The van der Waals surface area contributed by atoms with Gasteiger partial charge in [-0.05, 0) is 18.2 Å². The second-order valence-corrected chi connectivity index (χ2v) is 6.86. The van der Waals surface area contributed by atoms with E-state index in [0.29, 0.717) is 45.1 Å². The van der Waals surface area contributed by atoms with Gasteiger partial charge in [-0.1, -0.05) is 6.07 Å². The number of ether oxygens (including phenoxy) is 1.